The van der Waals surface area contributed by atoms with Crippen molar-refractivity contribution < 1.29 is 0 Å². The summed E-state index contributed by atoms with van der Waals surface area (Å²) in [7, 11) is -1.30. The minimum Gasteiger partial charge on any atom is -0.160 e. The summed E-state index contributed by atoms with van der Waals surface area (Å²) in [6.45, 7) is 3.67. The first kappa shape index (κ1) is 7.57. The van der Waals surface area contributed by atoms with Gasteiger partial charge in [-0.25, -0.2) is 0 Å². The molecule has 52 valence electrons. The first-order valence-electron chi connectivity index (χ1n) is 3.16. The second-order valence-electron chi connectivity index (χ2n) is 2.05. The van der Waals surface area contributed by atoms with Crippen molar-refractivity contribution in [2.45, 2.75) is 0 Å². The zero-order chi connectivity index (χ0) is 7.40. The Morgan fingerprint density at radius 3 is 2.40 bits per heavy atom. The summed E-state index contributed by atoms with van der Waals surface area (Å²) in [6.07, 6.45) is 0. The lowest BCUT2D eigenvalue weighted by molar-refractivity contribution is 1.77. The van der Waals surface area contributed by atoms with Crippen molar-refractivity contribution in [3.63, 3.8) is 0 Å². The van der Waals surface area contributed by atoms with Crippen molar-refractivity contribution in [1.29, 1.82) is 0 Å². The van der Waals surface area contributed by atoms with E-state index in [1.807, 2.05) is 36.0 Å². The van der Waals surface area contributed by atoms with Crippen molar-refractivity contribution in [2.24, 2.45) is 0 Å². The summed E-state index contributed by atoms with van der Waals surface area (Å²) in [4.78, 5) is 0. The van der Waals surface area contributed by atoms with E-state index in [0.29, 0.717) is 0 Å². The van der Waals surface area contributed by atoms with E-state index in [2.05, 4.69) is 6.58 Å². The average Bonchev–Trinajstić information content (AvgIpc) is 2.05. The van der Waals surface area contributed by atoms with Crippen LogP contribution in [0.2, 0.25) is 0 Å². The monoisotopic (exact) mass is 168 g/mol. The summed E-state index contributed by atoms with van der Waals surface area (Å²) in [5, 5.41) is 1.24. The van der Waals surface area contributed by atoms with Crippen LogP contribution in [0.4, 0.5) is 0 Å². The summed E-state index contributed by atoms with van der Waals surface area (Å²) >= 11 is 6.01. The standard InChI is InChI=1S/C8H9ClSi/c1-2-10(9)8-6-4-3-5-7-8/h2-7,10H,1H2. The second kappa shape index (κ2) is 3.59. The molecule has 1 unspecified atom stereocenters. The highest BCUT2D eigenvalue weighted by atomic mass is 35.6. The van der Waals surface area contributed by atoms with Crippen molar-refractivity contribution in [1.82, 2.24) is 0 Å². The fraction of sp³-hybridized carbons (Fsp3) is 0. The maximum atomic E-state index is 6.01. The first-order valence-corrected chi connectivity index (χ1v) is 6.15. The van der Waals surface area contributed by atoms with Gasteiger partial charge in [0.1, 0.15) is 0 Å². The van der Waals surface area contributed by atoms with E-state index in [4.69, 9.17) is 11.1 Å². The van der Waals surface area contributed by atoms with E-state index in [0.717, 1.165) is 0 Å². The van der Waals surface area contributed by atoms with E-state index in [1.165, 1.54) is 5.19 Å². The predicted octanol–water partition coefficient (Wildman–Crippen LogP) is 1.58. The predicted molar refractivity (Wildman–Crippen MR) is 49.3 cm³/mol. The molecule has 0 aliphatic heterocycles. The highest BCUT2D eigenvalue weighted by molar-refractivity contribution is 7.17. The molecule has 10 heavy (non-hydrogen) atoms. The quantitative estimate of drug-likeness (QED) is 0.465. The lowest BCUT2D eigenvalue weighted by Crippen LogP contribution is -2.20. The van der Waals surface area contributed by atoms with Gasteiger partial charge in [0, 0.05) is 0 Å². The van der Waals surface area contributed by atoms with Crippen molar-refractivity contribution in [3.8, 4) is 0 Å². The molecule has 0 fully saturated rings. The molecule has 0 aliphatic rings. The minimum absolute atomic E-state index is 1.24. The van der Waals surface area contributed by atoms with Gasteiger partial charge in [-0.2, -0.15) is 11.1 Å². The van der Waals surface area contributed by atoms with Gasteiger partial charge in [0.25, 0.3) is 0 Å². The van der Waals surface area contributed by atoms with Gasteiger partial charge in [-0.15, -0.1) is 6.58 Å². The Kier molecular flexibility index (Phi) is 2.72. The molecule has 0 amide bonds. The van der Waals surface area contributed by atoms with Crippen LogP contribution in [0.1, 0.15) is 0 Å². The van der Waals surface area contributed by atoms with Gasteiger partial charge in [-0.3, -0.25) is 0 Å². The second-order valence-corrected chi connectivity index (χ2v) is 5.40. The fourth-order valence-corrected chi connectivity index (χ4v) is 2.07. The number of halogens is 1. The third-order valence-electron chi connectivity index (χ3n) is 1.32. The topological polar surface area (TPSA) is 0 Å². The minimum atomic E-state index is -1.30. The van der Waals surface area contributed by atoms with Crippen LogP contribution in [0.25, 0.3) is 0 Å². The Labute approximate surface area is 67.5 Å². The lowest BCUT2D eigenvalue weighted by atomic mass is 10.4. The van der Waals surface area contributed by atoms with Gasteiger partial charge >= 0.3 is 0 Å². The number of hydrogen-bond donors (Lipinski definition) is 0. The molecular formula is C8H9ClSi. The van der Waals surface area contributed by atoms with Crippen molar-refractivity contribution in [3.05, 3.63) is 42.6 Å². The Hall–Kier alpha value is -0.533. The summed E-state index contributed by atoms with van der Waals surface area (Å²) in [5.41, 5.74) is 1.86. The number of rotatable bonds is 2. The van der Waals surface area contributed by atoms with Crippen LogP contribution in [-0.4, -0.2) is 8.11 Å². The van der Waals surface area contributed by atoms with Crippen molar-refractivity contribution in [2.75, 3.05) is 0 Å². The van der Waals surface area contributed by atoms with Gasteiger partial charge in [0.15, 0.2) is 8.11 Å². The lowest BCUT2D eigenvalue weighted by Gasteiger charge is -1.99. The molecule has 0 spiro atoms. The van der Waals surface area contributed by atoms with E-state index in [-0.39, 0.29) is 0 Å². The normalized spacial score (nSPS) is 12.5. The molecule has 1 aromatic carbocycles. The Balaban J connectivity index is 2.84. The van der Waals surface area contributed by atoms with Crippen molar-refractivity contribution >= 4 is 24.4 Å². The molecular weight excluding hydrogens is 160 g/mol. The Bertz CT molecular complexity index is 208. The molecule has 0 aromatic heterocycles. The molecule has 0 aliphatic carbocycles. The zero-order valence-electron chi connectivity index (χ0n) is 5.63. The first-order chi connectivity index (χ1) is 4.84. The number of hydrogen-bond acceptors (Lipinski definition) is 0. The summed E-state index contributed by atoms with van der Waals surface area (Å²) in [5.74, 6) is 0. The van der Waals surface area contributed by atoms with Crippen LogP contribution in [-0.2, 0) is 0 Å². The van der Waals surface area contributed by atoms with Crippen LogP contribution in [0.15, 0.2) is 42.6 Å². The zero-order valence-corrected chi connectivity index (χ0v) is 7.54. The third kappa shape index (κ3) is 1.72. The molecule has 2 heteroatoms. The Morgan fingerprint density at radius 2 is 1.90 bits per heavy atom. The molecule has 1 atom stereocenters. The molecule has 0 nitrogen and oxygen atoms in total. The van der Waals surface area contributed by atoms with Crippen LogP contribution in [0.3, 0.4) is 0 Å². The molecule has 1 aromatic rings. The molecule has 0 N–H and O–H groups in total. The van der Waals surface area contributed by atoms with Crippen LogP contribution in [0, 0.1) is 0 Å². The van der Waals surface area contributed by atoms with Crippen LogP contribution in [0.5, 0.6) is 0 Å². The molecule has 0 heterocycles. The van der Waals surface area contributed by atoms with Gasteiger partial charge in [0.05, 0.1) is 0 Å². The van der Waals surface area contributed by atoms with Gasteiger partial charge in [-0.05, 0) is 5.19 Å². The van der Waals surface area contributed by atoms with Gasteiger partial charge < -0.3 is 0 Å². The SMILES string of the molecule is C=C[SiH](Cl)c1ccccc1. The summed E-state index contributed by atoms with van der Waals surface area (Å²) in [6, 6.07) is 10.1. The summed E-state index contributed by atoms with van der Waals surface area (Å²) < 4.78 is 0. The molecule has 0 saturated heterocycles. The Morgan fingerprint density at radius 1 is 1.30 bits per heavy atom. The molecule has 0 bridgehead atoms. The van der Waals surface area contributed by atoms with Gasteiger partial charge in [-0.1, -0.05) is 36.0 Å². The molecule has 0 radical (unpaired) electrons. The largest absolute Gasteiger partial charge is 0.194 e. The van der Waals surface area contributed by atoms with E-state index >= 15 is 0 Å². The fourth-order valence-electron chi connectivity index (χ4n) is 0.773. The van der Waals surface area contributed by atoms with E-state index < -0.39 is 8.11 Å². The maximum absolute atomic E-state index is 6.01. The smallest absolute Gasteiger partial charge is 0.160 e. The molecule has 0 saturated carbocycles. The van der Waals surface area contributed by atoms with Crippen LogP contribution < -0.4 is 5.19 Å². The maximum Gasteiger partial charge on any atom is 0.194 e. The van der Waals surface area contributed by atoms with E-state index in [9.17, 15) is 0 Å². The number of benzene rings is 1. The highest BCUT2D eigenvalue weighted by Gasteiger charge is 2.01. The highest BCUT2D eigenvalue weighted by Crippen LogP contribution is 1.92. The van der Waals surface area contributed by atoms with Gasteiger partial charge in [0.2, 0.25) is 0 Å². The van der Waals surface area contributed by atoms with Crippen LogP contribution >= 0.6 is 11.1 Å². The van der Waals surface area contributed by atoms with E-state index in [1.54, 1.807) is 0 Å². The third-order valence-corrected chi connectivity index (χ3v) is 4.05. The molecule has 1 rings (SSSR count). The average molecular weight is 169 g/mol.